The van der Waals surface area contributed by atoms with Gasteiger partial charge < -0.3 is 5.32 Å². The predicted molar refractivity (Wildman–Crippen MR) is 112 cm³/mol. The second kappa shape index (κ2) is 10.0. The molecule has 8 heteroatoms. The third-order valence-electron chi connectivity index (χ3n) is 4.65. The van der Waals surface area contributed by atoms with Crippen LogP contribution < -0.4 is 10.0 Å². The Morgan fingerprint density at radius 3 is 2.32 bits per heavy atom. The molecule has 0 heterocycles. The molecule has 2 aromatic carbocycles. The van der Waals surface area contributed by atoms with Gasteiger partial charge in [0.2, 0.25) is 10.0 Å². The number of hydrogen-bond donors (Lipinski definition) is 2. The van der Waals surface area contributed by atoms with E-state index in [9.17, 15) is 13.2 Å². The molecule has 28 heavy (non-hydrogen) atoms. The summed E-state index contributed by atoms with van der Waals surface area (Å²) in [5.74, 6) is -0.411. The highest BCUT2D eigenvalue weighted by Crippen LogP contribution is 2.22. The van der Waals surface area contributed by atoms with E-state index >= 15 is 0 Å². The molecule has 6 nitrogen and oxygen atoms in total. The first kappa shape index (κ1) is 22.4. The van der Waals surface area contributed by atoms with Gasteiger partial charge in [0.15, 0.2) is 0 Å². The molecule has 0 radical (unpaired) electrons. The SMILES string of the molecule is CCN(CC)C(CNC(=O)c1cc(S(=O)(=O)NC)ccc1Cl)c1ccccc1. The first-order valence-corrected chi connectivity index (χ1v) is 11.0. The number of hydrogen-bond acceptors (Lipinski definition) is 4. The fourth-order valence-electron chi connectivity index (χ4n) is 3.05. The Morgan fingerprint density at radius 2 is 1.75 bits per heavy atom. The van der Waals surface area contributed by atoms with Crippen LogP contribution in [-0.2, 0) is 10.0 Å². The highest BCUT2D eigenvalue weighted by molar-refractivity contribution is 7.89. The Hall–Kier alpha value is -1.93. The zero-order chi connectivity index (χ0) is 20.7. The standard InChI is InChI=1S/C20H26ClN3O3S/c1-4-24(5-2)19(15-9-7-6-8-10-15)14-23-20(25)17-13-16(11-12-18(17)21)28(26,27)22-3/h6-13,19,22H,4-5,14H2,1-3H3,(H,23,25). The largest absolute Gasteiger partial charge is 0.350 e. The zero-order valence-corrected chi connectivity index (χ0v) is 17.8. The van der Waals surface area contributed by atoms with Gasteiger partial charge in [-0.1, -0.05) is 55.8 Å². The van der Waals surface area contributed by atoms with Crippen molar-refractivity contribution in [3.05, 3.63) is 64.7 Å². The molecule has 0 aliphatic carbocycles. The van der Waals surface area contributed by atoms with E-state index in [2.05, 4.69) is 28.8 Å². The molecule has 0 saturated heterocycles. The highest BCUT2D eigenvalue weighted by Gasteiger charge is 2.21. The number of carbonyl (C=O) groups is 1. The van der Waals surface area contributed by atoms with Gasteiger partial charge in [-0.3, -0.25) is 9.69 Å². The van der Waals surface area contributed by atoms with E-state index in [0.29, 0.717) is 6.54 Å². The maximum atomic E-state index is 12.7. The van der Waals surface area contributed by atoms with Crippen molar-refractivity contribution >= 4 is 27.5 Å². The van der Waals surface area contributed by atoms with Crippen LogP contribution in [0.1, 0.15) is 35.8 Å². The van der Waals surface area contributed by atoms with Crippen molar-refractivity contribution in [2.24, 2.45) is 0 Å². The van der Waals surface area contributed by atoms with E-state index in [1.807, 2.05) is 30.3 Å². The zero-order valence-electron chi connectivity index (χ0n) is 16.3. The maximum absolute atomic E-state index is 12.7. The summed E-state index contributed by atoms with van der Waals surface area (Å²) in [6, 6.07) is 14.0. The molecule has 2 N–H and O–H groups in total. The number of nitrogens with one attached hydrogen (secondary N) is 2. The quantitative estimate of drug-likeness (QED) is 0.649. The molecule has 0 saturated carbocycles. The van der Waals surface area contributed by atoms with E-state index in [1.165, 1.54) is 25.2 Å². The molecule has 0 aliphatic rings. The summed E-state index contributed by atoms with van der Waals surface area (Å²) in [6.07, 6.45) is 0. The summed E-state index contributed by atoms with van der Waals surface area (Å²) < 4.78 is 26.3. The molecule has 0 aliphatic heterocycles. The van der Waals surface area contributed by atoms with E-state index in [0.717, 1.165) is 18.7 Å². The average molecular weight is 424 g/mol. The van der Waals surface area contributed by atoms with Crippen LogP contribution in [-0.4, -0.2) is 45.9 Å². The first-order valence-electron chi connectivity index (χ1n) is 9.14. The van der Waals surface area contributed by atoms with Crippen molar-refractivity contribution < 1.29 is 13.2 Å². The fourth-order valence-corrected chi connectivity index (χ4v) is 4.00. The third-order valence-corrected chi connectivity index (χ3v) is 6.40. The van der Waals surface area contributed by atoms with Crippen LogP contribution >= 0.6 is 11.6 Å². The van der Waals surface area contributed by atoms with Gasteiger partial charge in [0.05, 0.1) is 21.5 Å². The molecular weight excluding hydrogens is 398 g/mol. The van der Waals surface area contributed by atoms with Crippen molar-refractivity contribution in [3.63, 3.8) is 0 Å². The molecule has 1 unspecified atom stereocenters. The number of amides is 1. The first-order chi connectivity index (χ1) is 13.3. The molecule has 0 fully saturated rings. The molecule has 1 atom stereocenters. The number of likely N-dealkylation sites (N-methyl/N-ethyl adjacent to an activating group) is 1. The van der Waals surface area contributed by atoms with E-state index < -0.39 is 15.9 Å². The van der Waals surface area contributed by atoms with Gasteiger partial charge in [0.1, 0.15) is 0 Å². The molecule has 1 amide bonds. The van der Waals surface area contributed by atoms with Gasteiger partial charge >= 0.3 is 0 Å². The number of halogens is 1. The third kappa shape index (κ3) is 5.32. The molecule has 0 bridgehead atoms. The van der Waals surface area contributed by atoms with E-state index in [1.54, 1.807) is 0 Å². The maximum Gasteiger partial charge on any atom is 0.252 e. The van der Waals surface area contributed by atoms with Crippen molar-refractivity contribution in [3.8, 4) is 0 Å². The van der Waals surface area contributed by atoms with Crippen LogP contribution in [0.4, 0.5) is 0 Å². The number of sulfonamides is 1. The topological polar surface area (TPSA) is 78.5 Å². The van der Waals surface area contributed by atoms with Gasteiger partial charge in [0, 0.05) is 6.54 Å². The Morgan fingerprint density at radius 1 is 1.11 bits per heavy atom. The lowest BCUT2D eigenvalue weighted by Crippen LogP contribution is -2.38. The lowest BCUT2D eigenvalue weighted by Gasteiger charge is -2.30. The molecule has 0 spiro atoms. The van der Waals surface area contributed by atoms with Gasteiger partial charge in [-0.25, -0.2) is 13.1 Å². The fraction of sp³-hybridized carbons (Fsp3) is 0.350. The summed E-state index contributed by atoms with van der Waals surface area (Å²) in [5, 5.41) is 3.10. The van der Waals surface area contributed by atoms with Crippen molar-refractivity contribution in [1.82, 2.24) is 14.9 Å². The second-order valence-electron chi connectivity index (χ2n) is 6.21. The van der Waals surface area contributed by atoms with Crippen LogP contribution in [0.3, 0.4) is 0 Å². The van der Waals surface area contributed by atoms with E-state index in [4.69, 9.17) is 11.6 Å². The molecule has 2 rings (SSSR count). The number of nitrogens with zero attached hydrogens (tertiary/aromatic N) is 1. The predicted octanol–water partition coefficient (Wildman–Crippen LogP) is 3.06. The number of carbonyl (C=O) groups excluding carboxylic acids is 1. The lowest BCUT2D eigenvalue weighted by molar-refractivity contribution is 0.0935. The van der Waals surface area contributed by atoms with Crippen LogP contribution in [0, 0.1) is 0 Å². The lowest BCUT2D eigenvalue weighted by atomic mass is 10.0. The van der Waals surface area contributed by atoms with Crippen LogP contribution in [0.2, 0.25) is 5.02 Å². The molecule has 2 aromatic rings. The number of benzene rings is 2. The minimum Gasteiger partial charge on any atom is -0.350 e. The molecule has 152 valence electrons. The van der Waals surface area contributed by atoms with Crippen LogP contribution in [0.5, 0.6) is 0 Å². The van der Waals surface area contributed by atoms with E-state index in [-0.39, 0.29) is 21.5 Å². The highest BCUT2D eigenvalue weighted by atomic mass is 35.5. The minimum atomic E-state index is -3.66. The Kier molecular flexibility index (Phi) is 8.00. The van der Waals surface area contributed by atoms with Gasteiger partial charge in [-0.15, -0.1) is 0 Å². The second-order valence-corrected chi connectivity index (χ2v) is 8.50. The normalized spacial score (nSPS) is 12.8. The smallest absolute Gasteiger partial charge is 0.252 e. The van der Waals surface area contributed by atoms with Gasteiger partial charge in [-0.2, -0.15) is 0 Å². The minimum absolute atomic E-state index is 0.00292. The molecule has 0 aromatic heterocycles. The average Bonchev–Trinajstić information content (AvgIpc) is 2.71. The van der Waals surface area contributed by atoms with Crippen molar-refractivity contribution in [2.45, 2.75) is 24.8 Å². The summed E-state index contributed by atoms with van der Waals surface area (Å²) in [5.41, 5.74) is 1.23. The number of rotatable bonds is 9. The summed E-state index contributed by atoms with van der Waals surface area (Å²) in [7, 11) is -2.35. The van der Waals surface area contributed by atoms with Crippen LogP contribution in [0.25, 0.3) is 0 Å². The Bertz CT molecular complexity index is 900. The monoisotopic (exact) mass is 423 g/mol. The van der Waals surface area contributed by atoms with Gasteiger partial charge in [0.25, 0.3) is 5.91 Å². The summed E-state index contributed by atoms with van der Waals surface area (Å²) in [4.78, 5) is 15.0. The van der Waals surface area contributed by atoms with Gasteiger partial charge in [-0.05, 0) is 43.9 Å². The molecular formula is C20H26ClN3O3S. The Balaban J connectivity index is 2.24. The summed E-state index contributed by atoms with van der Waals surface area (Å²) >= 11 is 6.15. The van der Waals surface area contributed by atoms with Crippen molar-refractivity contribution in [2.75, 3.05) is 26.7 Å². The summed E-state index contributed by atoms with van der Waals surface area (Å²) in [6.45, 7) is 6.20. The van der Waals surface area contributed by atoms with Crippen molar-refractivity contribution in [1.29, 1.82) is 0 Å². The Labute approximate surface area is 171 Å². The van der Waals surface area contributed by atoms with Crippen LogP contribution in [0.15, 0.2) is 53.4 Å².